The zero-order chi connectivity index (χ0) is 10.1. The molecule has 1 aromatic heterocycles. The van der Waals surface area contributed by atoms with Gasteiger partial charge in [-0.15, -0.1) is 35.7 Å². The molecule has 0 N–H and O–H groups in total. The predicted molar refractivity (Wildman–Crippen MR) is 70.2 cm³/mol. The zero-order valence-corrected chi connectivity index (χ0v) is 10.7. The Balaban J connectivity index is 2.79. The van der Waals surface area contributed by atoms with E-state index in [0.29, 0.717) is 0 Å². The van der Waals surface area contributed by atoms with Gasteiger partial charge < -0.3 is 0 Å². The number of fused-ring (bicyclic) bond motifs is 1. The van der Waals surface area contributed by atoms with Crippen LogP contribution in [0.2, 0.25) is 0 Å². The van der Waals surface area contributed by atoms with Gasteiger partial charge in [-0.3, -0.25) is 0 Å². The summed E-state index contributed by atoms with van der Waals surface area (Å²) in [6.45, 7) is 2.19. The van der Waals surface area contributed by atoms with Crippen LogP contribution in [0.1, 0.15) is 12.5 Å². The summed E-state index contributed by atoms with van der Waals surface area (Å²) in [7, 11) is 0. The minimum atomic E-state index is 1.07. The normalized spacial score (nSPS) is 11.1. The number of rotatable bonds is 2. The van der Waals surface area contributed by atoms with Crippen molar-refractivity contribution in [3.8, 4) is 0 Å². The molecule has 0 atom stereocenters. The number of benzene rings is 1. The molecule has 0 aliphatic carbocycles. The third-order valence-corrected chi connectivity index (χ3v) is 4.87. The van der Waals surface area contributed by atoms with Gasteiger partial charge in [0, 0.05) is 9.60 Å². The number of hydrogen-bond acceptors (Lipinski definition) is 3. The van der Waals surface area contributed by atoms with E-state index in [1.165, 1.54) is 24.8 Å². The molecule has 0 saturated heterocycles. The fourth-order valence-corrected chi connectivity index (χ4v) is 4.11. The lowest BCUT2D eigenvalue weighted by Crippen LogP contribution is -1.77. The molecule has 2 aromatic rings. The van der Waals surface area contributed by atoms with Crippen molar-refractivity contribution >= 4 is 45.8 Å². The maximum Gasteiger partial charge on any atom is 0.0613 e. The molecule has 1 heterocycles. The first-order valence-corrected chi connectivity index (χ1v) is 7.04. The van der Waals surface area contributed by atoms with Crippen molar-refractivity contribution in [2.24, 2.45) is 0 Å². The molecule has 2 rings (SSSR count). The number of thiol groups is 1. The lowest BCUT2D eigenvalue weighted by atomic mass is 10.1. The average molecular weight is 240 g/mol. The van der Waals surface area contributed by atoms with Gasteiger partial charge in [-0.1, -0.05) is 19.1 Å². The molecule has 3 heteroatoms. The SMILES string of the molecule is CCc1c(S)sc2c(SC)cccc12. The second-order valence-corrected chi connectivity index (χ2v) is 5.69. The first kappa shape index (κ1) is 10.4. The minimum Gasteiger partial charge on any atom is -0.133 e. The van der Waals surface area contributed by atoms with Gasteiger partial charge in [0.1, 0.15) is 0 Å². The third-order valence-electron chi connectivity index (χ3n) is 2.33. The Labute approximate surface area is 98.1 Å². The summed E-state index contributed by atoms with van der Waals surface area (Å²) in [5.41, 5.74) is 1.39. The Morgan fingerprint density at radius 3 is 2.86 bits per heavy atom. The number of aryl methyl sites for hydroxylation is 1. The van der Waals surface area contributed by atoms with Crippen LogP contribution in [-0.2, 0) is 6.42 Å². The molecular weight excluding hydrogens is 228 g/mol. The fraction of sp³-hybridized carbons (Fsp3) is 0.273. The summed E-state index contributed by atoms with van der Waals surface area (Å²) in [4.78, 5) is 1.36. The Bertz CT molecular complexity index is 457. The molecule has 0 spiro atoms. The summed E-state index contributed by atoms with van der Waals surface area (Å²) in [5.74, 6) is 0. The Kier molecular flexibility index (Phi) is 3.10. The topological polar surface area (TPSA) is 0 Å². The Hall–Kier alpha value is -0.120. The molecule has 0 bridgehead atoms. The first-order valence-electron chi connectivity index (χ1n) is 4.55. The zero-order valence-electron chi connectivity index (χ0n) is 8.20. The summed E-state index contributed by atoms with van der Waals surface area (Å²) in [5, 5.41) is 1.38. The average Bonchev–Trinajstić information content (AvgIpc) is 2.52. The van der Waals surface area contributed by atoms with Crippen LogP contribution >= 0.6 is 35.7 Å². The predicted octanol–water partition coefficient (Wildman–Crippen LogP) is 4.47. The summed E-state index contributed by atoms with van der Waals surface area (Å²) in [6.07, 6.45) is 3.19. The standard InChI is InChI=1S/C11H12S3/c1-3-7-8-5-4-6-9(13-2)10(8)14-11(7)12/h4-6,12H,3H2,1-2H3. The highest BCUT2D eigenvalue weighted by molar-refractivity contribution is 7.99. The molecule has 74 valence electrons. The van der Waals surface area contributed by atoms with Gasteiger partial charge in [-0.2, -0.15) is 0 Å². The fourth-order valence-electron chi connectivity index (χ4n) is 1.63. The number of thioether (sulfide) groups is 1. The van der Waals surface area contributed by atoms with Crippen LogP contribution in [0.15, 0.2) is 27.3 Å². The van der Waals surface area contributed by atoms with E-state index in [1.54, 1.807) is 11.3 Å². The summed E-state index contributed by atoms with van der Waals surface area (Å²) >= 11 is 8.14. The van der Waals surface area contributed by atoms with Crippen LogP contribution in [0, 0.1) is 0 Å². The second-order valence-electron chi connectivity index (χ2n) is 3.08. The van der Waals surface area contributed by atoms with E-state index < -0.39 is 0 Å². The maximum absolute atomic E-state index is 4.53. The van der Waals surface area contributed by atoms with E-state index in [-0.39, 0.29) is 0 Å². The highest BCUT2D eigenvalue weighted by Gasteiger charge is 2.10. The van der Waals surface area contributed by atoms with Crippen molar-refractivity contribution in [1.82, 2.24) is 0 Å². The van der Waals surface area contributed by atoms with Crippen LogP contribution < -0.4 is 0 Å². The van der Waals surface area contributed by atoms with Gasteiger partial charge in [0.15, 0.2) is 0 Å². The van der Waals surface area contributed by atoms with E-state index in [9.17, 15) is 0 Å². The van der Waals surface area contributed by atoms with Crippen LogP contribution in [0.3, 0.4) is 0 Å². The number of hydrogen-bond donors (Lipinski definition) is 1. The lowest BCUT2D eigenvalue weighted by Gasteiger charge is -1.98. The van der Waals surface area contributed by atoms with E-state index in [0.717, 1.165) is 6.42 Å². The van der Waals surface area contributed by atoms with E-state index in [2.05, 4.69) is 44.0 Å². The summed E-state index contributed by atoms with van der Waals surface area (Å²) < 4.78 is 2.56. The molecule has 1 aromatic carbocycles. The van der Waals surface area contributed by atoms with Gasteiger partial charge in [0.25, 0.3) is 0 Å². The first-order chi connectivity index (χ1) is 6.77. The third kappa shape index (κ3) is 1.58. The molecule has 0 nitrogen and oxygen atoms in total. The second kappa shape index (κ2) is 4.17. The van der Waals surface area contributed by atoms with Crippen molar-refractivity contribution in [2.75, 3.05) is 6.26 Å². The van der Waals surface area contributed by atoms with Gasteiger partial charge >= 0.3 is 0 Å². The maximum atomic E-state index is 4.53. The van der Waals surface area contributed by atoms with Gasteiger partial charge in [-0.05, 0) is 29.7 Å². The van der Waals surface area contributed by atoms with E-state index >= 15 is 0 Å². The van der Waals surface area contributed by atoms with Crippen LogP contribution in [0.4, 0.5) is 0 Å². The molecule has 0 aliphatic heterocycles. The molecule has 0 aliphatic rings. The van der Waals surface area contributed by atoms with Crippen molar-refractivity contribution in [3.63, 3.8) is 0 Å². The largest absolute Gasteiger partial charge is 0.133 e. The molecule has 14 heavy (non-hydrogen) atoms. The highest BCUT2D eigenvalue weighted by Crippen LogP contribution is 2.38. The van der Waals surface area contributed by atoms with Crippen molar-refractivity contribution in [3.05, 3.63) is 23.8 Å². The Morgan fingerprint density at radius 2 is 2.21 bits per heavy atom. The van der Waals surface area contributed by atoms with Crippen molar-refractivity contribution < 1.29 is 0 Å². The lowest BCUT2D eigenvalue weighted by molar-refractivity contribution is 1.13. The molecule has 0 radical (unpaired) electrons. The van der Waals surface area contributed by atoms with E-state index in [4.69, 9.17) is 0 Å². The van der Waals surface area contributed by atoms with Gasteiger partial charge in [0.05, 0.1) is 4.21 Å². The highest BCUT2D eigenvalue weighted by atomic mass is 32.2. The quantitative estimate of drug-likeness (QED) is 0.597. The number of thiophene rings is 1. The Morgan fingerprint density at radius 1 is 1.43 bits per heavy atom. The molecule has 0 fully saturated rings. The smallest absolute Gasteiger partial charge is 0.0613 e. The van der Waals surface area contributed by atoms with Gasteiger partial charge in [0.2, 0.25) is 0 Å². The van der Waals surface area contributed by atoms with Crippen LogP contribution in [0.25, 0.3) is 10.1 Å². The molecule has 0 saturated carbocycles. The molecule has 0 amide bonds. The summed E-state index contributed by atoms with van der Waals surface area (Å²) in [6, 6.07) is 6.51. The van der Waals surface area contributed by atoms with Gasteiger partial charge in [-0.25, -0.2) is 0 Å². The van der Waals surface area contributed by atoms with Crippen LogP contribution in [0.5, 0.6) is 0 Å². The van der Waals surface area contributed by atoms with E-state index in [1.807, 2.05) is 11.8 Å². The monoisotopic (exact) mass is 240 g/mol. The molecular formula is C11H12S3. The minimum absolute atomic E-state index is 1.07. The van der Waals surface area contributed by atoms with Crippen LogP contribution in [-0.4, -0.2) is 6.26 Å². The molecule has 0 unspecified atom stereocenters. The van der Waals surface area contributed by atoms with Crippen molar-refractivity contribution in [2.45, 2.75) is 22.4 Å². The van der Waals surface area contributed by atoms with Crippen molar-refractivity contribution in [1.29, 1.82) is 0 Å².